The zero-order valence-corrected chi connectivity index (χ0v) is 12.5. The molecular formula is C19H21NO. The van der Waals surface area contributed by atoms with Crippen molar-refractivity contribution in [3.8, 4) is 0 Å². The molecule has 21 heavy (non-hydrogen) atoms. The molecule has 1 heterocycles. The minimum absolute atomic E-state index is 0.168. The number of carbonyl (C=O) groups excluding carboxylic acids is 1. The van der Waals surface area contributed by atoms with Crippen molar-refractivity contribution in [2.75, 3.05) is 13.1 Å². The molecule has 0 spiro atoms. The van der Waals surface area contributed by atoms with E-state index in [1.165, 1.54) is 11.1 Å². The second-order valence-electron chi connectivity index (χ2n) is 5.84. The average Bonchev–Trinajstić information content (AvgIpc) is 2.56. The van der Waals surface area contributed by atoms with Gasteiger partial charge in [0.05, 0.1) is 0 Å². The molecule has 0 N–H and O–H groups in total. The van der Waals surface area contributed by atoms with Crippen molar-refractivity contribution in [1.82, 2.24) is 4.90 Å². The van der Waals surface area contributed by atoms with Crippen LogP contribution in [-0.4, -0.2) is 23.9 Å². The van der Waals surface area contributed by atoms with Crippen LogP contribution in [0.15, 0.2) is 54.6 Å². The SMILES string of the molecule is Cc1ccc(C(=O)N2CCC(c3ccccc3)CC2)cc1. The Hall–Kier alpha value is -2.09. The summed E-state index contributed by atoms with van der Waals surface area (Å²) in [6.45, 7) is 3.75. The van der Waals surface area contributed by atoms with E-state index in [-0.39, 0.29) is 5.91 Å². The summed E-state index contributed by atoms with van der Waals surface area (Å²) in [5, 5.41) is 0. The van der Waals surface area contributed by atoms with E-state index in [9.17, 15) is 4.79 Å². The van der Waals surface area contributed by atoms with Crippen LogP contribution in [-0.2, 0) is 0 Å². The maximum atomic E-state index is 12.5. The van der Waals surface area contributed by atoms with Gasteiger partial charge in [0.15, 0.2) is 0 Å². The lowest BCUT2D eigenvalue weighted by atomic mass is 9.89. The summed E-state index contributed by atoms with van der Waals surface area (Å²) < 4.78 is 0. The third-order valence-electron chi connectivity index (χ3n) is 4.35. The van der Waals surface area contributed by atoms with E-state index in [1.54, 1.807) is 0 Å². The molecule has 108 valence electrons. The number of aryl methyl sites for hydroxylation is 1. The Balaban J connectivity index is 1.63. The van der Waals surface area contributed by atoms with Crippen LogP contribution in [0.5, 0.6) is 0 Å². The van der Waals surface area contributed by atoms with Gasteiger partial charge in [-0.1, -0.05) is 48.0 Å². The van der Waals surface area contributed by atoms with Gasteiger partial charge in [-0.25, -0.2) is 0 Å². The summed E-state index contributed by atoms with van der Waals surface area (Å²) >= 11 is 0. The van der Waals surface area contributed by atoms with Gasteiger partial charge in [0.2, 0.25) is 0 Å². The molecule has 0 aliphatic carbocycles. The lowest BCUT2D eigenvalue weighted by Gasteiger charge is -2.32. The number of piperidine rings is 1. The maximum absolute atomic E-state index is 12.5. The van der Waals surface area contributed by atoms with Crippen LogP contribution >= 0.6 is 0 Å². The molecule has 1 saturated heterocycles. The number of hydrogen-bond acceptors (Lipinski definition) is 1. The Morgan fingerprint density at radius 2 is 1.57 bits per heavy atom. The Morgan fingerprint density at radius 1 is 0.952 bits per heavy atom. The van der Waals surface area contributed by atoms with Gasteiger partial charge in [0, 0.05) is 18.7 Å². The van der Waals surface area contributed by atoms with Crippen LogP contribution in [0.2, 0.25) is 0 Å². The van der Waals surface area contributed by atoms with Gasteiger partial charge in [0.1, 0.15) is 0 Å². The molecule has 2 aromatic carbocycles. The Labute approximate surface area is 126 Å². The van der Waals surface area contributed by atoms with Crippen molar-refractivity contribution in [1.29, 1.82) is 0 Å². The smallest absolute Gasteiger partial charge is 0.253 e. The van der Waals surface area contributed by atoms with Crippen molar-refractivity contribution in [2.45, 2.75) is 25.7 Å². The molecular weight excluding hydrogens is 258 g/mol. The first-order valence-corrected chi connectivity index (χ1v) is 7.65. The molecule has 1 aliphatic rings. The van der Waals surface area contributed by atoms with E-state index in [0.29, 0.717) is 5.92 Å². The monoisotopic (exact) mass is 279 g/mol. The van der Waals surface area contributed by atoms with Crippen LogP contribution in [0, 0.1) is 6.92 Å². The van der Waals surface area contributed by atoms with Gasteiger partial charge < -0.3 is 4.90 Å². The van der Waals surface area contributed by atoms with Crippen LogP contribution in [0.25, 0.3) is 0 Å². The van der Waals surface area contributed by atoms with E-state index < -0.39 is 0 Å². The Bertz CT molecular complexity index is 595. The minimum atomic E-state index is 0.168. The van der Waals surface area contributed by atoms with Crippen LogP contribution in [0.4, 0.5) is 0 Å². The molecule has 1 aliphatic heterocycles. The van der Waals surface area contributed by atoms with E-state index in [2.05, 4.69) is 30.3 Å². The number of benzene rings is 2. The predicted octanol–water partition coefficient (Wildman–Crippen LogP) is 4.01. The van der Waals surface area contributed by atoms with E-state index in [1.807, 2.05) is 36.1 Å². The number of hydrogen-bond donors (Lipinski definition) is 0. The fraction of sp³-hybridized carbons (Fsp3) is 0.316. The summed E-state index contributed by atoms with van der Waals surface area (Å²) in [6.07, 6.45) is 2.11. The maximum Gasteiger partial charge on any atom is 0.253 e. The predicted molar refractivity (Wildman–Crippen MR) is 85.5 cm³/mol. The van der Waals surface area contributed by atoms with Crippen molar-refractivity contribution >= 4 is 5.91 Å². The quantitative estimate of drug-likeness (QED) is 0.813. The second-order valence-corrected chi connectivity index (χ2v) is 5.84. The molecule has 1 amide bonds. The van der Waals surface area contributed by atoms with Gasteiger partial charge in [-0.15, -0.1) is 0 Å². The zero-order valence-electron chi connectivity index (χ0n) is 12.5. The highest BCUT2D eigenvalue weighted by Crippen LogP contribution is 2.28. The fourth-order valence-electron chi connectivity index (χ4n) is 3.02. The summed E-state index contributed by atoms with van der Waals surface area (Å²) in [4.78, 5) is 14.5. The third kappa shape index (κ3) is 3.15. The molecule has 2 nitrogen and oxygen atoms in total. The molecule has 0 aromatic heterocycles. The van der Waals surface area contributed by atoms with E-state index in [0.717, 1.165) is 31.5 Å². The molecule has 2 aromatic rings. The van der Waals surface area contributed by atoms with Gasteiger partial charge in [-0.05, 0) is 43.4 Å². The highest BCUT2D eigenvalue weighted by molar-refractivity contribution is 5.94. The van der Waals surface area contributed by atoms with Gasteiger partial charge in [-0.3, -0.25) is 4.79 Å². The zero-order chi connectivity index (χ0) is 14.7. The normalized spacial score (nSPS) is 16.0. The summed E-state index contributed by atoms with van der Waals surface area (Å²) in [5.74, 6) is 0.759. The first-order valence-electron chi connectivity index (χ1n) is 7.65. The van der Waals surface area contributed by atoms with E-state index >= 15 is 0 Å². The molecule has 3 rings (SSSR count). The van der Waals surface area contributed by atoms with Crippen molar-refractivity contribution in [3.05, 3.63) is 71.3 Å². The fourth-order valence-corrected chi connectivity index (χ4v) is 3.02. The Morgan fingerprint density at radius 3 is 2.19 bits per heavy atom. The van der Waals surface area contributed by atoms with Gasteiger partial charge in [0.25, 0.3) is 5.91 Å². The third-order valence-corrected chi connectivity index (χ3v) is 4.35. The minimum Gasteiger partial charge on any atom is -0.339 e. The molecule has 0 radical (unpaired) electrons. The molecule has 1 fully saturated rings. The second kappa shape index (κ2) is 6.13. The number of rotatable bonds is 2. The van der Waals surface area contributed by atoms with Crippen LogP contribution < -0.4 is 0 Å². The summed E-state index contributed by atoms with van der Waals surface area (Å²) in [5.41, 5.74) is 3.40. The topological polar surface area (TPSA) is 20.3 Å². The number of likely N-dealkylation sites (tertiary alicyclic amines) is 1. The molecule has 2 heteroatoms. The molecule has 0 atom stereocenters. The van der Waals surface area contributed by atoms with Crippen molar-refractivity contribution in [3.63, 3.8) is 0 Å². The number of carbonyl (C=O) groups is 1. The van der Waals surface area contributed by atoms with Crippen molar-refractivity contribution < 1.29 is 4.79 Å². The lowest BCUT2D eigenvalue weighted by Crippen LogP contribution is -2.37. The highest BCUT2D eigenvalue weighted by atomic mass is 16.2. The molecule has 0 unspecified atom stereocenters. The number of amides is 1. The summed E-state index contributed by atoms with van der Waals surface area (Å²) in [7, 11) is 0. The van der Waals surface area contributed by atoms with Crippen LogP contribution in [0.1, 0.15) is 40.2 Å². The first-order chi connectivity index (χ1) is 10.2. The average molecular weight is 279 g/mol. The van der Waals surface area contributed by atoms with E-state index in [4.69, 9.17) is 0 Å². The Kier molecular flexibility index (Phi) is 4.05. The van der Waals surface area contributed by atoms with Gasteiger partial charge in [-0.2, -0.15) is 0 Å². The van der Waals surface area contributed by atoms with Crippen molar-refractivity contribution in [2.24, 2.45) is 0 Å². The molecule has 0 saturated carbocycles. The highest BCUT2D eigenvalue weighted by Gasteiger charge is 2.24. The number of nitrogens with zero attached hydrogens (tertiary/aromatic N) is 1. The molecule has 0 bridgehead atoms. The standard InChI is InChI=1S/C19H21NO/c1-15-7-9-18(10-8-15)19(21)20-13-11-17(12-14-20)16-5-3-2-4-6-16/h2-10,17H,11-14H2,1H3. The lowest BCUT2D eigenvalue weighted by molar-refractivity contribution is 0.0713. The first kappa shape index (κ1) is 13.9. The summed E-state index contributed by atoms with van der Waals surface area (Å²) in [6, 6.07) is 18.5. The van der Waals surface area contributed by atoms with Crippen LogP contribution in [0.3, 0.4) is 0 Å². The largest absolute Gasteiger partial charge is 0.339 e. The van der Waals surface area contributed by atoms with Gasteiger partial charge >= 0.3 is 0 Å².